The first-order valence-electron chi connectivity index (χ1n) is 5.84. The van der Waals surface area contributed by atoms with E-state index in [4.69, 9.17) is 5.73 Å². The Balaban J connectivity index is 2.52. The molecule has 0 aliphatic carbocycles. The van der Waals surface area contributed by atoms with Crippen LogP contribution in [0.3, 0.4) is 0 Å². The molecule has 1 atom stereocenters. The second kappa shape index (κ2) is 7.14. The Morgan fingerprint density at radius 2 is 2.15 bits per heavy atom. The van der Waals surface area contributed by atoms with Gasteiger partial charge in [-0.25, -0.2) is 12.8 Å². The van der Waals surface area contributed by atoms with E-state index in [0.29, 0.717) is 10.0 Å². The maximum atomic E-state index is 13.4. The van der Waals surface area contributed by atoms with E-state index >= 15 is 0 Å². The molecule has 0 radical (unpaired) electrons. The van der Waals surface area contributed by atoms with Gasteiger partial charge >= 0.3 is 0 Å². The minimum Gasteiger partial charge on any atom is -0.351 e. The fourth-order valence-electron chi connectivity index (χ4n) is 1.46. The zero-order valence-electron chi connectivity index (χ0n) is 10.9. The highest BCUT2D eigenvalue weighted by atomic mass is 79.9. The van der Waals surface area contributed by atoms with Gasteiger partial charge in [-0.3, -0.25) is 4.79 Å². The van der Waals surface area contributed by atoms with Crippen molar-refractivity contribution in [2.45, 2.75) is 19.0 Å². The van der Waals surface area contributed by atoms with Gasteiger partial charge in [-0.05, 0) is 24.6 Å². The van der Waals surface area contributed by atoms with Crippen LogP contribution in [-0.4, -0.2) is 32.4 Å². The number of carbonyl (C=O) groups is 1. The quantitative estimate of drug-likeness (QED) is 0.784. The Labute approximate surface area is 125 Å². The minimum absolute atomic E-state index is 0.00329. The first-order valence-corrected chi connectivity index (χ1v) is 8.69. The molecule has 1 rings (SSSR count). The van der Waals surface area contributed by atoms with E-state index in [-0.39, 0.29) is 18.7 Å². The van der Waals surface area contributed by atoms with Crippen LogP contribution < -0.4 is 11.1 Å². The lowest BCUT2D eigenvalue weighted by Crippen LogP contribution is -2.41. The van der Waals surface area contributed by atoms with Crippen LogP contribution in [0, 0.1) is 5.82 Å². The van der Waals surface area contributed by atoms with Gasteiger partial charge in [0.1, 0.15) is 15.7 Å². The lowest BCUT2D eigenvalue weighted by atomic mass is 10.2. The van der Waals surface area contributed by atoms with E-state index in [0.717, 1.165) is 6.26 Å². The van der Waals surface area contributed by atoms with Gasteiger partial charge < -0.3 is 11.1 Å². The molecule has 0 fully saturated rings. The fourth-order valence-corrected chi connectivity index (χ4v) is 2.55. The Morgan fingerprint density at radius 1 is 1.50 bits per heavy atom. The average molecular weight is 367 g/mol. The number of nitrogens with one attached hydrogen (secondary N) is 1. The zero-order valence-corrected chi connectivity index (χ0v) is 13.3. The molecule has 0 saturated heterocycles. The number of hydrogen-bond acceptors (Lipinski definition) is 4. The van der Waals surface area contributed by atoms with Gasteiger partial charge in [-0.1, -0.05) is 15.9 Å². The van der Waals surface area contributed by atoms with Crippen LogP contribution in [-0.2, 0) is 21.2 Å². The number of benzene rings is 1. The average Bonchev–Trinajstić information content (AvgIpc) is 2.35. The highest BCUT2D eigenvalue weighted by Crippen LogP contribution is 2.15. The number of nitrogens with two attached hydrogens (primary N) is 1. The van der Waals surface area contributed by atoms with Crippen molar-refractivity contribution in [2.75, 3.05) is 12.0 Å². The Bertz CT molecular complexity index is 592. The van der Waals surface area contributed by atoms with Crippen LogP contribution >= 0.6 is 15.9 Å². The maximum Gasteiger partial charge on any atom is 0.237 e. The highest BCUT2D eigenvalue weighted by Gasteiger charge is 2.16. The van der Waals surface area contributed by atoms with Gasteiger partial charge in [0.2, 0.25) is 5.91 Å². The predicted octanol–water partition coefficient (Wildman–Crippen LogP) is 0.966. The number of halogens is 2. The molecule has 0 aliphatic rings. The molecular weight excluding hydrogens is 351 g/mol. The highest BCUT2D eigenvalue weighted by molar-refractivity contribution is 9.10. The van der Waals surface area contributed by atoms with Crippen molar-refractivity contribution in [2.24, 2.45) is 5.73 Å². The Kier molecular flexibility index (Phi) is 6.09. The summed E-state index contributed by atoms with van der Waals surface area (Å²) in [6, 6.07) is 3.46. The lowest BCUT2D eigenvalue weighted by molar-refractivity contribution is -0.122. The van der Waals surface area contributed by atoms with Crippen molar-refractivity contribution in [1.29, 1.82) is 0 Å². The fraction of sp³-hybridized carbons (Fsp3) is 0.417. The van der Waals surface area contributed by atoms with E-state index in [9.17, 15) is 17.6 Å². The Morgan fingerprint density at radius 3 is 2.75 bits per heavy atom. The summed E-state index contributed by atoms with van der Waals surface area (Å²) >= 11 is 3.21. The topological polar surface area (TPSA) is 89.3 Å². The van der Waals surface area contributed by atoms with E-state index in [2.05, 4.69) is 21.2 Å². The summed E-state index contributed by atoms with van der Waals surface area (Å²) in [5.41, 5.74) is 5.90. The number of carbonyl (C=O) groups excluding carboxylic acids is 1. The first-order chi connectivity index (χ1) is 9.19. The molecule has 1 unspecified atom stereocenters. The van der Waals surface area contributed by atoms with Gasteiger partial charge in [0.25, 0.3) is 0 Å². The zero-order chi connectivity index (χ0) is 15.3. The third-order valence-corrected chi connectivity index (χ3v) is 4.07. The van der Waals surface area contributed by atoms with Gasteiger partial charge in [0.15, 0.2) is 0 Å². The molecule has 1 amide bonds. The minimum atomic E-state index is -3.16. The molecule has 5 nitrogen and oxygen atoms in total. The summed E-state index contributed by atoms with van der Waals surface area (Å²) in [5, 5.41) is 2.48. The molecule has 0 bridgehead atoms. The van der Waals surface area contributed by atoms with Crippen molar-refractivity contribution in [3.63, 3.8) is 0 Å². The van der Waals surface area contributed by atoms with E-state index in [1.54, 1.807) is 12.1 Å². The van der Waals surface area contributed by atoms with Crippen molar-refractivity contribution >= 4 is 31.7 Å². The summed E-state index contributed by atoms with van der Waals surface area (Å²) in [7, 11) is -3.16. The van der Waals surface area contributed by atoms with Gasteiger partial charge in [0, 0.05) is 22.8 Å². The van der Waals surface area contributed by atoms with Crippen LogP contribution in [0.2, 0.25) is 0 Å². The molecule has 8 heteroatoms. The molecule has 0 heterocycles. The maximum absolute atomic E-state index is 13.4. The van der Waals surface area contributed by atoms with Gasteiger partial charge in [0.05, 0.1) is 11.8 Å². The molecule has 20 heavy (non-hydrogen) atoms. The molecule has 0 aliphatic heterocycles. The van der Waals surface area contributed by atoms with E-state index in [1.165, 1.54) is 6.07 Å². The standard InChI is InChI=1S/C12H16BrFN2O3S/c1-20(18,19)5-4-11(15)12(17)16-7-8-6-9(13)2-3-10(8)14/h2-3,6,11H,4-5,7,15H2,1H3,(H,16,17). The normalized spacial score (nSPS) is 13.0. The number of sulfone groups is 1. The summed E-state index contributed by atoms with van der Waals surface area (Å²) in [6.45, 7) is -0.00329. The summed E-state index contributed by atoms with van der Waals surface area (Å²) in [5.74, 6) is -1.10. The summed E-state index contributed by atoms with van der Waals surface area (Å²) in [4.78, 5) is 11.7. The summed E-state index contributed by atoms with van der Waals surface area (Å²) in [6.07, 6.45) is 1.11. The second-order valence-electron chi connectivity index (χ2n) is 4.48. The molecule has 112 valence electrons. The van der Waals surface area contributed by atoms with Gasteiger partial charge in [-0.2, -0.15) is 0 Å². The van der Waals surface area contributed by atoms with Crippen molar-refractivity contribution in [1.82, 2.24) is 5.32 Å². The summed E-state index contributed by atoms with van der Waals surface area (Å²) < 4.78 is 36.1. The Hall–Kier alpha value is -0.990. The SMILES string of the molecule is CS(=O)(=O)CCC(N)C(=O)NCc1cc(Br)ccc1F. The van der Waals surface area contributed by atoms with Gasteiger partial charge in [-0.15, -0.1) is 0 Å². The van der Waals surface area contributed by atoms with Crippen LogP contribution in [0.1, 0.15) is 12.0 Å². The van der Waals surface area contributed by atoms with Crippen molar-refractivity contribution in [3.05, 3.63) is 34.1 Å². The first kappa shape index (κ1) is 17.1. The van der Waals surface area contributed by atoms with E-state index in [1.807, 2.05) is 0 Å². The van der Waals surface area contributed by atoms with Crippen LogP contribution in [0.15, 0.2) is 22.7 Å². The van der Waals surface area contributed by atoms with Crippen molar-refractivity contribution in [3.8, 4) is 0 Å². The molecule has 1 aromatic rings. The van der Waals surface area contributed by atoms with Crippen LogP contribution in [0.25, 0.3) is 0 Å². The van der Waals surface area contributed by atoms with Crippen LogP contribution in [0.4, 0.5) is 4.39 Å². The van der Waals surface area contributed by atoms with Crippen molar-refractivity contribution < 1.29 is 17.6 Å². The predicted molar refractivity (Wildman–Crippen MR) is 78.2 cm³/mol. The number of amides is 1. The molecular formula is C12H16BrFN2O3S. The molecule has 0 aromatic heterocycles. The smallest absolute Gasteiger partial charge is 0.237 e. The van der Waals surface area contributed by atoms with E-state index < -0.39 is 27.6 Å². The number of hydrogen-bond donors (Lipinski definition) is 2. The third-order valence-electron chi connectivity index (χ3n) is 2.60. The largest absolute Gasteiger partial charge is 0.351 e. The molecule has 0 saturated carbocycles. The third kappa shape index (κ3) is 5.98. The molecule has 3 N–H and O–H groups in total. The number of rotatable bonds is 6. The molecule has 1 aromatic carbocycles. The monoisotopic (exact) mass is 366 g/mol. The van der Waals surface area contributed by atoms with Crippen LogP contribution in [0.5, 0.6) is 0 Å². The molecule has 0 spiro atoms. The lowest BCUT2D eigenvalue weighted by Gasteiger charge is -2.12. The second-order valence-corrected chi connectivity index (χ2v) is 7.65.